The van der Waals surface area contributed by atoms with Crippen LogP contribution in [-0.2, 0) is 4.79 Å². The van der Waals surface area contributed by atoms with Gasteiger partial charge in [0.05, 0.1) is 23.7 Å². The number of hydrogen-bond acceptors (Lipinski definition) is 4. The first-order chi connectivity index (χ1) is 10.1. The molecule has 1 amide bonds. The van der Waals surface area contributed by atoms with Gasteiger partial charge >= 0.3 is 0 Å². The molecule has 3 N–H and O–H groups in total. The number of hydrogen-bond donors (Lipinski definition) is 2. The SMILES string of the molecule is COc1ccc(NC(=O)C(C)Sc2ccccc2)c(N)c1. The van der Waals surface area contributed by atoms with Gasteiger partial charge in [0.25, 0.3) is 0 Å². The molecule has 0 saturated heterocycles. The zero-order valence-corrected chi connectivity index (χ0v) is 12.8. The van der Waals surface area contributed by atoms with E-state index in [4.69, 9.17) is 10.5 Å². The number of nitrogen functional groups attached to an aromatic ring is 1. The summed E-state index contributed by atoms with van der Waals surface area (Å²) >= 11 is 1.51. The minimum atomic E-state index is -0.214. The molecular weight excluding hydrogens is 284 g/mol. The normalized spacial score (nSPS) is 11.7. The Labute approximate surface area is 128 Å². The van der Waals surface area contributed by atoms with Crippen molar-refractivity contribution in [1.82, 2.24) is 0 Å². The van der Waals surface area contributed by atoms with Crippen LogP contribution >= 0.6 is 11.8 Å². The number of nitrogens with one attached hydrogen (secondary N) is 1. The van der Waals surface area contributed by atoms with Crippen LogP contribution in [0.5, 0.6) is 5.75 Å². The Morgan fingerprint density at radius 1 is 1.24 bits per heavy atom. The standard InChI is InChI=1S/C16H18N2O2S/c1-11(21-13-6-4-3-5-7-13)16(19)18-15-9-8-12(20-2)10-14(15)17/h3-11H,17H2,1-2H3,(H,18,19). The summed E-state index contributed by atoms with van der Waals surface area (Å²) in [5.74, 6) is 0.581. The first-order valence-corrected chi connectivity index (χ1v) is 7.44. The van der Waals surface area contributed by atoms with Crippen LogP contribution in [0.2, 0.25) is 0 Å². The lowest BCUT2D eigenvalue weighted by Crippen LogP contribution is -2.22. The summed E-state index contributed by atoms with van der Waals surface area (Å²) in [5, 5.41) is 2.63. The van der Waals surface area contributed by atoms with Gasteiger partial charge in [0.1, 0.15) is 5.75 Å². The van der Waals surface area contributed by atoms with Crippen molar-refractivity contribution in [2.45, 2.75) is 17.1 Å². The smallest absolute Gasteiger partial charge is 0.237 e. The van der Waals surface area contributed by atoms with Crippen molar-refractivity contribution in [2.24, 2.45) is 0 Å². The number of nitrogens with two attached hydrogens (primary N) is 1. The van der Waals surface area contributed by atoms with E-state index in [1.807, 2.05) is 37.3 Å². The number of amides is 1. The first-order valence-electron chi connectivity index (χ1n) is 6.56. The fourth-order valence-electron chi connectivity index (χ4n) is 1.77. The Kier molecular flexibility index (Phi) is 5.11. The molecule has 110 valence electrons. The molecule has 2 rings (SSSR count). The Balaban J connectivity index is 2.00. The third kappa shape index (κ3) is 4.16. The van der Waals surface area contributed by atoms with Crippen LogP contribution in [0.15, 0.2) is 53.4 Å². The molecule has 4 nitrogen and oxygen atoms in total. The van der Waals surface area contributed by atoms with E-state index in [0.717, 1.165) is 4.90 Å². The van der Waals surface area contributed by atoms with Crippen molar-refractivity contribution in [3.63, 3.8) is 0 Å². The van der Waals surface area contributed by atoms with E-state index in [0.29, 0.717) is 17.1 Å². The van der Waals surface area contributed by atoms with E-state index in [1.165, 1.54) is 11.8 Å². The van der Waals surface area contributed by atoms with Crippen LogP contribution in [0.1, 0.15) is 6.92 Å². The quantitative estimate of drug-likeness (QED) is 0.656. The summed E-state index contributed by atoms with van der Waals surface area (Å²) in [6.07, 6.45) is 0. The molecule has 1 unspecified atom stereocenters. The lowest BCUT2D eigenvalue weighted by Gasteiger charge is -2.14. The number of thioether (sulfide) groups is 1. The summed E-state index contributed by atoms with van der Waals surface area (Å²) in [6.45, 7) is 1.87. The third-order valence-electron chi connectivity index (χ3n) is 2.94. The summed E-state index contributed by atoms with van der Waals surface area (Å²) in [4.78, 5) is 13.3. The molecule has 0 aliphatic rings. The highest BCUT2D eigenvalue weighted by atomic mass is 32.2. The van der Waals surface area contributed by atoms with Gasteiger partial charge in [0.2, 0.25) is 5.91 Å². The Morgan fingerprint density at radius 2 is 1.95 bits per heavy atom. The zero-order valence-electron chi connectivity index (χ0n) is 12.0. The van der Waals surface area contributed by atoms with Crippen molar-refractivity contribution in [2.75, 3.05) is 18.2 Å². The van der Waals surface area contributed by atoms with Gasteiger partial charge in [-0.1, -0.05) is 18.2 Å². The van der Waals surface area contributed by atoms with Gasteiger partial charge in [-0.2, -0.15) is 0 Å². The number of methoxy groups -OCH3 is 1. The highest BCUT2D eigenvalue weighted by Crippen LogP contribution is 2.27. The molecule has 0 radical (unpaired) electrons. The molecule has 0 aromatic heterocycles. The monoisotopic (exact) mass is 302 g/mol. The predicted octanol–water partition coefficient (Wildman–Crippen LogP) is 3.40. The molecular formula is C16H18N2O2S. The van der Waals surface area contributed by atoms with Crippen LogP contribution in [0.25, 0.3) is 0 Å². The van der Waals surface area contributed by atoms with Crippen molar-refractivity contribution in [1.29, 1.82) is 0 Å². The number of ether oxygens (including phenoxy) is 1. The van der Waals surface area contributed by atoms with Crippen molar-refractivity contribution in [3.8, 4) is 5.75 Å². The van der Waals surface area contributed by atoms with Crippen LogP contribution < -0.4 is 15.8 Å². The topological polar surface area (TPSA) is 64.3 Å². The fraction of sp³-hybridized carbons (Fsp3) is 0.188. The Bertz CT molecular complexity index is 617. The van der Waals surface area contributed by atoms with Gasteiger partial charge in [-0.05, 0) is 31.2 Å². The number of benzene rings is 2. The first kappa shape index (κ1) is 15.3. The Morgan fingerprint density at radius 3 is 2.57 bits per heavy atom. The molecule has 2 aromatic rings. The van der Waals surface area contributed by atoms with Gasteiger partial charge in [0.15, 0.2) is 0 Å². The number of carbonyl (C=O) groups excluding carboxylic acids is 1. The van der Waals surface area contributed by atoms with E-state index in [-0.39, 0.29) is 11.2 Å². The lowest BCUT2D eigenvalue weighted by molar-refractivity contribution is -0.115. The average Bonchev–Trinajstić information content (AvgIpc) is 2.50. The third-order valence-corrected chi connectivity index (χ3v) is 4.05. The number of carbonyl (C=O) groups is 1. The molecule has 0 aliphatic carbocycles. The molecule has 21 heavy (non-hydrogen) atoms. The van der Waals surface area contributed by atoms with Crippen molar-refractivity contribution < 1.29 is 9.53 Å². The molecule has 0 heterocycles. The molecule has 0 bridgehead atoms. The van der Waals surface area contributed by atoms with Crippen LogP contribution in [0, 0.1) is 0 Å². The van der Waals surface area contributed by atoms with Gasteiger partial charge in [-0.25, -0.2) is 0 Å². The second-order valence-corrected chi connectivity index (χ2v) is 5.93. The van der Waals surface area contributed by atoms with Gasteiger partial charge in [0, 0.05) is 11.0 Å². The van der Waals surface area contributed by atoms with Crippen LogP contribution in [0.3, 0.4) is 0 Å². The maximum atomic E-state index is 12.2. The lowest BCUT2D eigenvalue weighted by atomic mass is 10.2. The van der Waals surface area contributed by atoms with Crippen molar-refractivity contribution >= 4 is 29.0 Å². The van der Waals surface area contributed by atoms with E-state index in [2.05, 4.69) is 5.32 Å². The second-order valence-electron chi connectivity index (χ2n) is 4.52. The van der Waals surface area contributed by atoms with E-state index >= 15 is 0 Å². The van der Waals surface area contributed by atoms with E-state index in [1.54, 1.807) is 25.3 Å². The van der Waals surface area contributed by atoms with E-state index in [9.17, 15) is 4.79 Å². The number of rotatable bonds is 5. The van der Waals surface area contributed by atoms with Crippen LogP contribution in [0.4, 0.5) is 11.4 Å². The maximum Gasteiger partial charge on any atom is 0.237 e. The molecule has 5 heteroatoms. The minimum Gasteiger partial charge on any atom is -0.497 e. The molecule has 1 atom stereocenters. The molecule has 0 aliphatic heterocycles. The summed E-state index contributed by atoms with van der Waals surface area (Å²) in [7, 11) is 1.58. The Hall–Kier alpha value is -2.14. The van der Waals surface area contributed by atoms with E-state index < -0.39 is 0 Å². The number of anilines is 2. The van der Waals surface area contributed by atoms with Crippen LogP contribution in [-0.4, -0.2) is 18.3 Å². The minimum absolute atomic E-state index is 0.0827. The fourth-order valence-corrected chi connectivity index (χ4v) is 2.66. The highest BCUT2D eigenvalue weighted by Gasteiger charge is 2.15. The summed E-state index contributed by atoms with van der Waals surface area (Å²) in [6, 6.07) is 15.0. The molecule has 0 spiro atoms. The molecule has 0 fully saturated rings. The molecule has 0 saturated carbocycles. The summed E-state index contributed by atoms with van der Waals surface area (Å²) in [5.41, 5.74) is 6.98. The predicted molar refractivity (Wildman–Crippen MR) is 87.8 cm³/mol. The largest absolute Gasteiger partial charge is 0.497 e. The maximum absolute atomic E-state index is 12.2. The van der Waals surface area contributed by atoms with Gasteiger partial charge in [-0.15, -0.1) is 11.8 Å². The molecule has 2 aromatic carbocycles. The van der Waals surface area contributed by atoms with Gasteiger partial charge in [-0.3, -0.25) is 4.79 Å². The zero-order chi connectivity index (χ0) is 15.2. The van der Waals surface area contributed by atoms with Gasteiger partial charge < -0.3 is 15.8 Å². The second kappa shape index (κ2) is 7.04. The average molecular weight is 302 g/mol. The highest BCUT2D eigenvalue weighted by molar-refractivity contribution is 8.00. The van der Waals surface area contributed by atoms with Crippen molar-refractivity contribution in [3.05, 3.63) is 48.5 Å². The summed E-state index contributed by atoms with van der Waals surface area (Å²) < 4.78 is 5.08.